The molecule has 2 heterocycles. The van der Waals surface area contributed by atoms with E-state index >= 15 is 0 Å². The van der Waals surface area contributed by atoms with Gasteiger partial charge in [-0.1, -0.05) is 17.3 Å². The number of hydrogen-bond donors (Lipinski definition) is 1. The third-order valence-corrected chi connectivity index (χ3v) is 3.45. The number of aliphatic hydroxyl groups excluding tert-OH is 1. The van der Waals surface area contributed by atoms with Gasteiger partial charge in [0.05, 0.1) is 18.8 Å². The number of ether oxygens (including phenoxy) is 1. The molecule has 23 heavy (non-hydrogen) atoms. The van der Waals surface area contributed by atoms with Crippen LogP contribution in [0.25, 0.3) is 11.3 Å². The molecule has 118 valence electrons. The fraction of sp³-hybridized carbons (Fsp3) is 0.235. The molecule has 0 unspecified atom stereocenters. The molecule has 0 atom stereocenters. The van der Waals surface area contributed by atoms with Gasteiger partial charge in [-0.25, -0.2) is 4.68 Å². The first kappa shape index (κ1) is 15.2. The molecule has 2 aromatic heterocycles. The van der Waals surface area contributed by atoms with Gasteiger partial charge in [-0.3, -0.25) is 4.98 Å². The molecule has 0 aliphatic carbocycles. The van der Waals surface area contributed by atoms with Crippen molar-refractivity contribution in [1.29, 1.82) is 0 Å². The van der Waals surface area contributed by atoms with E-state index in [2.05, 4.69) is 15.3 Å². The topological polar surface area (TPSA) is 73.1 Å². The number of benzene rings is 1. The van der Waals surface area contributed by atoms with Gasteiger partial charge in [-0.05, 0) is 36.8 Å². The number of aromatic nitrogens is 4. The standard InChI is InChI=1S/C17H18N4O2/c1-13-4-2-6-15(10-13)23-9-8-21-17(16(12-22)19-20-21)14-5-3-7-18-11-14/h2-7,10-11,22H,8-9,12H2,1H3. The summed E-state index contributed by atoms with van der Waals surface area (Å²) in [5, 5.41) is 17.6. The van der Waals surface area contributed by atoms with E-state index in [4.69, 9.17) is 4.74 Å². The van der Waals surface area contributed by atoms with Gasteiger partial charge in [0.25, 0.3) is 0 Å². The molecule has 0 amide bonds. The van der Waals surface area contributed by atoms with E-state index in [-0.39, 0.29) is 6.61 Å². The molecule has 3 rings (SSSR count). The number of hydrogen-bond acceptors (Lipinski definition) is 5. The summed E-state index contributed by atoms with van der Waals surface area (Å²) in [6.45, 7) is 2.86. The van der Waals surface area contributed by atoms with E-state index < -0.39 is 0 Å². The smallest absolute Gasteiger partial charge is 0.119 e. The van der Waals surface area contributed by atoms with Crippen LogP contribution in [0, 0.1) is 6.92 Å². The van der Waals surface area contributed by atoms with Crippen LogP contribution >= 0.6 is 0 Å². The number of aliphatic hydroxyl groups is 1. The second-order valence-electron chi connectivity index (χ2n) is 5.17. The summed E-state index contributed by atoms with van der Waals surface area (Å²) < 4.78 is 7.49. The lowest BCUT2D eigenvalue weighted by Crippen LogP contribution is -2.11. The first-order valence-corrected chi connectivity index (χ1v) is 7.41. The van der Waals surface area contributed by atoms with E-state index in [9.17, 15) is 5.11 Å². The highest BCUT2D eigenvalue weighted by Gasteiger charge is 2.14. The summed E-state index contributed by atoms with van der Waals surface area (Å²) >= 11 is 0. The molecule has 1 aromatic carbocycles. The van der Waals surface area contributed by atoms with Crippen molar-refractivity contribution in [2.75, 3.05) is 6.61 Å². The molecule has 0 aliphatic rings. The minimum absolute atomic E-state index is 0.164. The van der Waals surface area contributed by atoms with Crippen LogP contribution in [0.1, 0.15) is 11.3 Å². The zero-order valence-corrected chi connectivity index (χ0v) is 12.9. The monoisotopic (exact) mass is 310 g/mol. The van der Waals surface area contributed by atoms with Gasteiger partial charge in [0.2, 0.25) is 0 Å². The molecule has 0 saturated heterocycles. The van der Waals surface area contributed by atoms with E-state index in [0.717, 1.165) is 22.6 Å². The number of nitrogens with zero attached hydrogens (tertiary/aromatic N) is 4. The Morgan fingerprint density at radius 1 is 1.22 bits per heavy atom. The van der Waals surface area contributed by atoms with Crippen molar-refractivity contribution in [3.05, 3.63) is 60.0 Å². The number of rotatable bonds is 6. The molecule has 6 heteroatoms. The molecular weight excluding hydrogens is 292 g/mol. The van der Waals surface area contributed by atoms with Crippen molar-refractivity contribution in [2.24, 2.45) is 0 Å². The van der Waals surface area contributed by atoms with Gasteiger partial charge in [-0.2, -0.15) is 0 Å². The fourth-order valence-electron chi connectivity index (χ4n) is 2.39. The maximum absolute atomic E-state index is 9.46. The van der Waals surface area contributed by atoms with Crippen LogP contribution in [0.15, 0.2) is 48.8 Å². The normalized spacial score (nSPS) is 10.7. The van der Waals surface area contributed by atoms with Gasteiger partial charge in [0.1, 0.15) is 18.1 Å². The first-order chi connectivity index (χ1) is 11.3. The Kier molecular flexibility index (Phi) is 4.63. The summed E-state index contributed by atoms with van der Waals surface area (Å²) in [6, 6.07) is 11.7. The molecule has 0 fully saturated rings. The molecule has 6 nitrogen and oxygen atoms in total. The molecule has 0 radical (unpaired) electrons. The quantitative estimate of drug-likeness (QED) is 0.756. The third-order valence-electron chi connectivity index (χ3n) is 3.45. The molecule has 0 spiro atoms. The summed E-state index contributed by atoms with van der Waals surface area (Å²) in [5.74, 6) is 0.829. The van der Waals surface area contributed by atoms with Gasteiger partial charge >= 0.3 is 0 Å². The van der Waals surface area contributed by atoms with Crippen molar-refractivity contribution in [2.45, 2.75) is 20.1 Å². The molecule has 0 bridgehead atoms. The number of aryl methyl sites for hydroxylation is 1. The lowest BCUT2D eigenvalue weighted by Gasteiger charge is -2.09. The zero-order chi connectivity index (χ0) is 16.1. The summed E-state index contributed by atoms with van der Waals surface area (Å²) in [6.07, 6.45) is 3.44. The van der Waals surface area contributed by atoms with Gasteiger partial charge in [-0.15, -0.1) is 5.10 Å². The maximum atomic E-state index is 9.46. The van der Waals surface area contributed by atoms with Crippen LogP contribution < -0.4 is 4.74 Å². The molecule has 3 aromatic rings. The Balaban J connectivity index is 1.74. The largest absolute Gasteiger partial charge is 0.492 e. The highest BCUT2D eigenvalue weighted by Crippen LogP contribution is 2.21. The molecule has 0 aliphatic heterocycles. The van der Waals surface area contributed by atoms with Crippen molar-refractivity contribution >= 4 is 0 Å². The fourth-order valence-corrected chi connectivity index (χ4v) is 2.39. The van der Waals surface area contributed by atoms with Crippen LogP contribution in [-0.4, -0.2) is 31.7 Å². The van der Waals surface area contributed by atoms with E-state index in [1.54, 1.807) is 17.1 Å². The molecule has 0 saturated carbocycles. The Labute approximate surface area is 134 Å². The third kappa shape index (κ3) is 3.54. The Hall–Kier alpha value is -2.73. The summed E-state index contributed by atoms with van der Waals surface area (Å²) in [4.78, 5) is 4.11. The maximum Gasteiger partial charge on any atom is 0.119 e. The van der Waals surface area contributed by atoms with Crippen LogP contribution in [-0.2, 0) is 13.2 Å². The van der Waals surface area contributed by atoms with Crippen LogP contribution in [0.5, 0.6) is 5.75 Å². The predicted molar refractivity (Wildman–Crippen MR) is 85.8 cm³/mol. The van der Waals surface area contributed by atoms with Crippen LogP contribution in [0.2, 0.25) is 0 Å². The van der Waals surface area contributed by atoms with E-state index in [1.807, 2.05) is 43.3 Å². The average Bonchev–Trinajstić information content (AvgIpc) is 2.99. The molecular formula is C17H18N4O2. The SMILES string of the molecule is Cc1cccc(OCCn2nnc(CO)c2-c2cccnc2)c1. The Bertz CT molecular complexity index is 771. The summed E-state index contributed by atoms with van der Waals surface area (Å²) in [5.41, 5.74) is 3.33. The second-order valence-corrected chi connectivity index (χ2v) is 5.17. The number of pyridine rings is 1. The van der Waals surface area contributed by atoms with Crippen molar-refractivity contribution in [3.8, 4) is 17.0 Å². The van der Waals surface area contributed by atoms with Crippen LogP contribution in [0.4, 0.5) is 0 Å². The lowest BCUT2D eigenvalue weighted by atomic mass is 10.1. The highest BCUT2D eigenvalue weighted by atomic mass is 16.5. The van der Waals surface area contributed by atoms with Crippen molar-refractivity contribution in [3.63, 3.8) is 0 Å². The Morgan fingerprint density at radius 3 is 2.87 bits per heavy atom. The lowest BCUT2D eigenvalue weighted by molar-refractivity contribution is 0.277. The van der Waals surface area contributed by atoms with Gasteiger partial charge in [0.15, 0.2) is 0 Å². The average molecular weight is 310 g/mol. The minimum atomic E-state index is -0.164. The van der Waals surface area contributed by atoms with E-state index in [1.165, 1.54) is 0 Å². The Morgan fingerprint density at radius 2 is 2.13 bits per heavy atom. The van der Waals surface area contributed by atoms with Crippen LogP contribution in [0.3, 0.4) is 0 Å². The van der Waals surface area contributed by atoms with Gasteiger partial charge in [0, 0.05) is 18.0 Å². The van der Waals surface area contributed by atoms with E-state index in [0.29, 0.717) is 18.8 Å². The van der Waals surface area contributed by atoms with Crippen molar-refractivity contribution in [1.82, 2.24) is 20.0 Å². The summed E-state index contributed by atoms with van der Waals surface area (Å²) in [7, 11) is 0. The first-order valence-electron chi connectivity index (χ1n) is 7.41. The van der Waals surface area contributed by atoms with Crippen molar-refractivity contribution < 1.29 is 9.84 Å². The van der Waals surface area contributed by atoms with Gasteiger partial charge < -0.3 is 9.84 Å². The second kappa shape index (κ2) is 7.02. The predicted octanol–water partition coefficient (Wildman–Crippen LogP) is 2.22. The minimum Gasteiger partial charge on any atom is -0.492 e. The highest BCUT2D eigenvalue weighted by molar-refractivity contribution is 5.60. The zero-order valence-electron chi connectivity index (χ0n) is 12.9. The molecule has 1 N–H and O–H groups in total.